The minimum absolute atomic E-state index is 0.0239. The Morgan fingerprint density at radius 2 is 2.33 bits per heavy atom. The Bertz CT molecular complexity index is 445. The number of hydrogen-bond acceptors (Lipinski definition) is 5. The van der Waals surface area contributed by atoms with E-state index in [1.54, 1.807) is 32.4 Å². The summed E-state index contributed by atoms with van der Waals surface area (Å²) in [4.78, 5) is 16.9. The average Bonchev–Trinajstić information content (AvgIpc) is 2.38. The van der Waals surface area contributed by atoms with Gasteiger partial charge in [0, 0.05) is 26.8 Å². The van der Waals surface area contributed by atoms with E-state index in [1.165, 1.54) is 4.90 Å². The smallest absolute Gasteiger partial charge is 0.236 e. The summed E-state index contributed by atoms with van der Waals surface area (Å²) in [6.45, 7) is 0.635. The van der Waals surface area contributed by atoms with E-state index in [2.05, 4.69) is 15.5 Å². The average molecular weight is 251 g/mol. The molecule has 0 radical (unpaired) electrons. The largest absolute Gasteiger partial charge is 0.409 e. The summed E-state index contributed by atoms with van der Waals surface area (Å²) in [5.41, 5.74) is 6.68. The van der Waals surface area contributed by atoms with Crippen molar-refractivity contribution >= 4 is 11.7 Å². The van der Waals surface area contributed by atoms with E-state index < -0.39 is 0 Å². The van der Waals surface area contributed by atoms with E-state index in [0.717, 1.165) is 5.56 Å². The molecule has 18 heavy (non-hydrogen) atoms. The van der Waals surface area contributed by atoms with Crippen LogP contribution in [0.3, 0.4) is 0 Å². The van der Waals surface area contributed by atoms with E-state index in [4.69, 9.17) is 10.9 Å². The molecule has 1 heterocycles. The van der Waals surface area contributed by atoms with Crippen molar-refractivity contribution in [2.75, 3.05) is 20.6 Å². The van der Waals surface area contributed by atoms with Crippen molar-refractivity contribution in [2.45, 2.75) is 6.54 Å². The third-order valence-electron chi connectivity index (χ3n) is 2.33. The summed E-state index contributed by atoms with van der Waals surface area (Å²) in [5, 5.41) is 14.5. The minimum atomic E-state index is -0.0497. The van der Waals surface area contributed by atoms with E-state index in [0.29, 0.717) is 12.2 Å². The number of oxime groups is 1. The number of aromatic nitrogens is 1. The molecule has 0 fully saturated rings. The molecule has 0 saturated carbocycles. The van der Waals surface area contributed by atoms with Crippen LogP contribution in [0.4, 0.5) is 0 Å². The van der Waals surface area contributed by atoms with Gasteiger partial charge in [-0.3, -0.25) is 9.78 Å². The van der Waals surface area contributed by atoms with E-state index >= 15 is 0 Å². The molecule has 0 aliphatic carbocycles. The zero-order chi connectivity index (χ0) is 13.5. The molecular weight excluding hydrogens is 234 g/mol. The molecule has 0 aliphatic rings. The molecule has 0 aromatic carbocycles. The first-order chi connectivity index (χ1) is 8.56. The number of hydrogen-bond donors (Lipinski definition) is 3. The standard InChI is InChI=1S/C11H17N5O2/c1-16(2)9(17)7-13-6-8-4-3-5-14-10(8)11(12)15-18/h3-5,13,18H,6-7H2,1-2H3,(H2,12,15). The summed E-state index contributed by atoms with van der Waals surface area (Å²) in [6.07, 6.45) is 1.56. The number of carbonyl (C=O) groups excluding carboxylic acids is 1. The first kappa shape index (κ1) is 13.9. The third-order valence-corrected chi connectivity index (χ3v) is 2.33. The van der Waals surface area contributed by atoms with Crippen LogP contribution in [0.5, 0.6) is 0 Å². The Morgan fingerprint density at radius 3 is 2.94 bits per heavy atom. The second kappa shape index (κ2) is 6.55. The summed E-state index contributed by atoms with van der Waals surface area (Å²) in [6, 6.07) is 3.55. The van der Waals surface area contributed by atoms with Crippen molar-refractivity contribution < 1.29 is 10.0 Å². The molecule has 1 aromatic heterocycles. The zero-order valence-corrected chi connectivity index (χ0v) is 10.4. The molecule has 0 atom stereocenters. The van der Waals surface area contributed by atoms with Gasteiger partial charge in [-0.05, 0) is 11.6 Å². The van der Waals surface area contributed by atoms with Crippen molar-refractivity contribution in [1.29, 1.82) is 0 Å². The van der Waals surface area contributed by atoms with Gasteiger partial charge in [0.25, 0.3) is 0 Å². The van der Waals surface area contributed by atoms with Gasteiger partial charge in [0.15, 0.2) is 5.84 Å². The molecule has 1 rings (SSSR count). The molecule has 4 N–H and O–H groups in total. The van der Waals surface area contributed by atoms with Crippen LogP contribution >= 0.6 is 0 Å². The number of pyridine rings is 1. The Balaban J connectivity index is 2.65. The van der Waals surface area contributed by atoms with Crippen molar-refractivity contribution in [3.05, 3.63) is 29.6 Å². The van der Waals surface area contributed by atoms with Crippen LogP contribution in [-0.2, 0) is 11.3 Å². The minimum Gasteiger partial charge on any atom is -0.409 e. The predicted molar refractivity (Wildman–Crippen MR) is 67.1 cm³/mol. The highest BCUT2D eigenvalue weighted by Gasteiger charge is 2.09. The molecule has 0 spiro atoms. The van der Waals surface area contributed by atoms with Crippen LogP contribution in [0.2, 0.25) is 0 Å². The Morgan fingerprint density at radius 1 is 1.61 bits per heavy atom. The predicted octanol–water partition coefficient (Wildman–Crippen LogP) is -0.646. The molecule has 0 bridgehead atoms. The fourth-order valence-corrected chi connectivity index (χ4v) is 1.32. The van der Waals surface area contributed by atoms with Crippen LogP contribution in [0.1, 0.15) is 11.3 Å². The van der Waals surface area contributed by atoms with Gasteiger partial charge in [-0.2, -0.15) is 0 Å². The molecule has 98 valence electrons. The van der Waals surface area contributed by atoms with E-state index in [-0.39, 0.29) is 18.3 Å². The Hall–Kier alpha value is -2.15. The molecule has 7 heteroatoms. The zero-order valence-electron chi connectivity index (χ0n) is 10.4. The second-order valence-electron chi connectivity index (χ2n) is 3.89. The lowest BCUT2D eigenvalue weighted by atomic mass is 10.2. The Labute approximate surface area is 105 Å². The lowest BCUT2D eigenvalue weighted by molar-refractivity contribution is -0.127. The van der Waals surface area contributed by atoms with Gasteiger partial charge in [-0.25, -0.2) is 0 Å². The first-order valence-corrected chi connectivity index (χ1v) is 5.39. The number of carbonyl (C=O) groups is 1. The number of likely N-dealkylation sites (N-methyl/N-ethyl adjacent to an activating group) is 1. The molecule has 1 aromatic rings. The maximum atomic E-state index is 11.4. The van der Waals surface area contributed by atoms with Gasteiger partial charge in [-0.1, -0.05) is 11.2 Å². The molecule has 0 saturated heterocycles. The molecule has 0 aliphatic heterocycles. The fraction of sp³-hybridized carbons (Fsp3) is 0.364. The first-order valence-electron chi connectivity index (χ1n) is 5.39. The lowest BCUT2D eigenvalue weighted by Crippen LogP contribution is -2.33. The number of rotatable bonds is 5. The van der Waals surface area contributed by atoms with Gasteiger partial charge in [0.2, 0.25) is 5.91 Å². The number of nitrogens with one attached hydrogen (secondary N) is 1. The Kier molecular flexibility index (Phi) is 5.06. The van der Waals surface area contributed by atoms with Crippen LogP contribution in [-0.4, -0.2) is 47.5 Å². The normalized spacial score (nSPS) is 11.3. The highest BCUT2D eigenvalue weighted by molar-refractivity contribution is 5.96. The molecular formula is C11H17N5O2. The SMILES string of the molecule is CN(C)C(=O)CNCc1cccnc1C(N)=NO. The van der Waals surface area contributed by atoms with Crippen molar-refractivity contribution in [3.8, 4) is 0 Å². The monoisotopic (exact) mass is 251 g/mol. The quantitative estimate of drug-likeness (QED) is 0.279. The van der Waals surface area contributed by atoms with Crippen LogP contribution in [0.15, 0.2) is 23.5 Å². The highest BCUT2D eigenvalue weighted by Crippen LogP contribution is 2.04. The highest BCUT2D eigenvalue weighted by atomic mass is 16.4. The fourth-order valence-electron chi connectivity index (χ4n) is 1.32. The van der Waals surface area contributed by atoms with Crippen LogP contribution in [0.25, 0.3) is 0 Å². The summed E-state index contributed by atoms with van der Waals surface area (Å²) in [7, 11) is 3.38. The van der Waals surface area contributed by atoms with Gasteiger partial charge in [0.1, 0.15) is 5.69 Å². The van der Waals surface area contributed by atoms with Crippen LogP contribution in [0, 0.1) is 0 Å². The molecule has 0 unspecified atom stereocenters. The molecule has 1 amide bonds. The van der Waals surface area contributed by atoms with Crippen molar-refractivity contribution in [1.82, 2.24) is 15.2 Å². The number of nitrogens with two attached hydrogens (primary N) is 1. The summed E-state index contributed by atoms with van der Waals surface area (Å²) in [5.74, 6) is -0.0735. The summed E-state index contributed by atoms with van der Waals surface area (Å²) >= 11 is 0. The number of amides is 1. The van der Waals surface area contributed by atoms with E-state index in [9.17, 15) is 4.79 Å². The third kappa shape index (κ3) is 3.70. The number of nitrogens with zero attached hydrogens (tertiary/aromatic N) is 3. The molecule has 7 nitrogen and oxygen atoms in total. The van der Waals surface area contributed by atoms with Crippen LogP contribution < -0.4 is 11.1 Å². The lowest BCUT2D eigenvalue weighted by Gasteiger charge is -2.12. The van der Waals surface area contributed by atoms with Gasteiger partial charge < -0.3 is 21.2 Å². The maximum Gasteiger partial charge on any atom is 0.236 e. The second-order valence-corrected chi connectivity index (χ2v) is 3.89. The topological polar surface area (TPSA) is 104 Å². The maximum absolute atomic E-state index is 11.4. The van der Waals surface area contributed by atoms with Gasteiger partial charge in [0.05, 0.1) is 6.54 Å². The van der Waals surface area contributed by atoms with E-state index in [1.807, 2.05) is 0 Å². The summed E-state index contributed by atoms with van der Waals surface area (Å²) < 4.78 is 0. The van der Waals surface area contributed by atoms with Crippen molar-refractivity contribution in [3.63, 3.8) is 0 Å². The number of amidine groups is 1. The van der Waals surface area contributed by atoms with Gasteiger partial charge in [-0.15, -0.1) is 0 Å². The van der Waals surface area contributed by atoms with Crippen molar-refractivity contribution in [2.24, 2.45) is 10.9 Å². The van der Waals surface area contributed by atoms with Gasteiger partial charge >= 0.3 is 0 Å².